The molecule has 0 aliphatic heterocycles. The Kier molecular flexibility index (Phi) is 17.9. The van der Waals surface area contributed by atoms with E-state index in [9.17, 15) is 9.59 Å². The van der Waals surface area contributed by atoms with Crippen molar-refractivity contribution in [2.75, 3.05) is 13.2 Å². The normalized spacial score (nSPS) is 19.6. The van der Waals surface area contributed by atoms with Gasteiger partial charge < -0.3 is 61.3 Å². The third-order valence-corrected chi connectivity index (χ3v) is 3.02. The van der Waals surface area contributed by atoms with Gasteiger partial charge in [-0.2, -0.15) is 0 Å². The Morgan fingerprint density at radius 1 is 0.556 bits per heavy atom. The number of carboxylic acids is 2. The molecule has 0 aromatic carbocycles. The summed E-state index contributed by atoms with van der Waals surface area (Å²) in [5, 5.41) is 104. The molecule has 0 aliphatic rings. The molecule has 0 unspecified atom stereocenters. The molecule has 0 heterocycles. The van der Waals surface area contributed by atoms with Crippen molar-refractivity contribution in [3.63, 3.8) is 0 Å². The van der Waals surface area contributed by atoms with Crippen LogP contribution in [0.25, 0.3) is 0 Å². The topological polar surface area (TPSA) is 277 Å². The Balaban J connectivity index is -0.000000411. The number of aliphatic carboxylic acids is 2. The summed E-state index contributed by atoms with van der Waals surface area (Å²) in [5.41, 5.74) is 0. The first-order valence-electron chi connectivity index (χ1n) is 6.95. The van der Waals surface area contributed by atoms with Crippen molar-refractivity contribution in [1.29, 1.82) is 0 Å². The Hall–Kier alpha value is -0.460. The van der Waals surface area contributed by atoms with Gasteiger partial charge in [0.2, 0.25) is 0 Å². The van der Waals surface area contributed by atoms with E-state index < -0.39 is 74.0 Å². The van der Waals surface area contributed by atoms with E-state index in [2.05, 4.69) is 0 Å². The Morgan fingerprint density at radius 2 is 0.778 bits per heavy atom. The number of hydrogen-bond acceptors (Lipinski definition) is 12. The van der Waals surface area contributed by atoms with Gasteiger partial charge in [-0.05, 0) is 0 Å². The van der Waals surface area contributed by atoms with Gasteiger partial charge in [-0.1, -0.05) is 0 Å². The standard InChI is InChI=1S/2C6H12O7.Na.H/c2*7-1-2(8)3(9)4(10)5(11)6(12)13;;/h2*2-5,7-11H,1H2,(H,12,13);;/t2*2-,3-,4+,5-;;/m11../s1. The summed E-state index contributed by atoms with van der Waals surface area (Å²) in [5.74, 6) is -3.45. The van der Waals surface area contributed by atoms with E-state index in [-0.39, 0.29) is 29.6 Å². The molecule has 0 fully saturated rings. The molecule has 27 heavy (non-hydrogen) atoms. The second-order valence-corrected chi connectivity index (χ2v) is 5.03. The average molecular weight is 416 g/mol. The number of aliphatic hydroxyl groups excluding tert-OH is 10. The van der Waals surface area contributed by atoms with E-state index in [0.29, 0.717) is 0 Å². The molecule has 0 spiro atoms. The predicted molar refractivity (Wildman–Crippen MR) is 84.6 cm³/mol. The predicted octanol–water partition coefficient (Wildman–Crippen LogP) is -7.63. The van der Waals surface area contributed by atoms with Gasteiger partial charge in [0.15, 0.2) is 12.2 Å². The van der Waals surface area contributed by atoms with Gasteiger partial charge in [0.25, 0.3) is 0 Å². The molecule has 158 valence electrons. The van der Waals surface area contributed by atoms with E-state index >= 15 is 0 Å². The molecular weight excluding hydrogens is 391 g/mol. The molecular formula is C12H25NaO14. The van der Waals surface area contributed by atoms with Crippen LogP contribution in [0, 0.1) is 0 Å². The maximum absolute atomic E-state index is 10.1. The zero-order valence-corrected chi connectivity index (χ0v) is 13.2. The van der Waals surface area contributed by atoms with E-state index in [1.807, 2.05) is 0 Å². The van der Waals surface area contributed by atoms with Crippen LogP contribution in [0.15, 0.2) is 0 Å². The second kappa shape index (κ2) is 15.5. The first kappa shape index (κ1) is 31.2. The number of carbonyl (C=O) groups is 2. The van der Waals surface area contributed by atoms with Gasteiger partial charge in [-0.25, -0.2) is 9.59 Å². The van der Waals surface area contributed by atoms with Crippen LogP contribution < -0.4 is 0 Å². The molecule has 0 rings (SSSR count). The van der Waals surface area contributed by atoms with Crippen molar-refractivity contribution < 1.29 is 70.9 Å². The summed E-state index contributed by atoms with van der Waals surface area (Å²) in [6.45, 7) is -1.69. The molecule has 14 nitrogen and oxygen atoms in total. The van der Waals surface area contributed by atoms with Crippen LogP contribution >= 0.6 is 0 Å². The summed E-state index contributed by atoms with van der Waals surface area (Å²) < 4.78 is 0. The third-order valence-electron chi connectivity index (χ3n) is 3.02. The fourth-order valence-electron chi connectivity index (χ4n) is 1.34. The molecule has 0 aromatic heterocycles. The molecule has 15 heteroatoms. The van der Waals surface area contributed by atoms with Crippen molar-refractivity contribution in [2.24, 2.45) is 0 Å². The van der Waals surface area contributed by atoms with Crippen molar-refractivity contribution in [1.82, 2.24) is 0 Å². The van der Waals surface area contributed by atoms with E-state index in [0.717, 1.165) is 0 Å². The second-order valence-electron chi connectivity index (χ2n) is 5.03. The van der Waals surface area contributed by atoms with Gasteiger partial charge in [0, 0.05) is 0 Å². The van der Waals surface area contributed by atoms with Gasteiger partial charge >= 0.3 is 41.5 Å². The summed E-state index contributed by atoms with van der Waals surface area (Å²) >= 11 is 0. The molecule has 0 radical (unpaired) electrons. The fourth-order valence-corrected chi connectivity index (χ4v) is 1.34. The monoisotopic (exact) mass is 416 g/mol. The van der Waals surface area contributed by atoms with E-state index in [4.69, 9.17) is 61.3 Å². The zero-order chi connectivity index (χ0) is 21.2. The van der Waals surface area contributed by atoms with Gasteiger partial charge in [0.1, 0.15) is 36.6 Å². The quantitative estimate of drug-likeness (QED) is 0.147. The zero-order valence-electron chi connectivity index (χ0n) is 13.2. The maximum atomic E-state index is 10.1. The summed E-state index contributed by atoms with van der Waals surface area (Å²) in [6, 6.07) is 0. The van der Waals surface area contributed by atoms with E-state index in [1.54, 1.807) is 0 Å². The Labute approximate surface area is 174 Å². The van der Waals surface area contributed by atoms with Gasteiger partial charge in [-0.15, -0.1) is 0 Å². The summed E-state index contributed by atoms with van der Waals surface area (Å²) in [6.07, 6.45) is -15.7. The first-order valence-corrected chi connectivity index (χ1v) is 6.95. The number of carboxylic acid groups (broad SMARTS) is 2. The van der Waals surface area contributed by atoms with Gasteiger partial charge in [0.05, 0.1) is 13.2 Å². The Morgan fingerprint density at radius 3 is 0.926 bits per heavy atom. The van der Waals surface area contributed by atoms with Crippen molar-refractivity contribution in [2.45, 2.75) is 48.8 Å². The minimum absolute atomic E-state index is 0. The number of hydrogen-bond donors (Lipinski definition) is 12. The SMILES string of the molecule is O=C(O)[C@H](O)[C@@H](O)[C@H](O)[C@H](O)CO.O=C(O)[C@H](O)[C@@H](O)[C@H](O)[C@H](O)CO.[NaH]. The van der Waals surface area contributed by atoms with Crippen molar-refractivity contribution in [3.05, 3.63) is 0 Å². The van der Waals surface area contributed by atoms with Crippen LogP contribution in [0.1, 0.15) is 0 Å². The molecule has 8 atom stereocenters. The fraction of sp³-hybridized carbons (Fsp3) is 0.833. The number of rotatable bonds is 10. The van der Waals surface area contributed by atoms with E-state index in [1.165, 1.54) is 0 Å². The molecule has 0 saturated heterocycles. The van der Waals surface area contributed by atoms with Crippen LogP contribution in [0.4, 0.5) is 0 Å². The molecule has 0 bridgehead atoms. The van der Waals surface area contributed by atoms with Crippen molar-refractivity contribution in [3.8, 4) is 0 Å². The summed E-state index contributed by atoms with van der Waals surface area (Å²) in [7, 11) is 0. The van der Waals surface area contributed by atoms with Gasteiger partial charge in [-0.3, -0.25) is 0 Å². The van der Waals surface area contributed by atoms with Crippen LogP contribution in [0.5, 0.6) is 0 Å². The first-order chi connectivity index (χ1) is 11.8. The van der Waals surface area contributed by atoms with Crippen molar-refractivity contribution >= 4 is 41.5 Å². The third kappa shape index (κ3) is 11.2. The molecule has 12 N–H and O–H groups in total. The van der Waals surface area contributed by atoms with Crippen LogP contribution in [-0.2, 0) is 9.59 Å². The average Bonchev–Trinajstić information content (AvgIpc) is 2.62. The minimum atomic E-state index is -2.20. The number of aliphatic hydroxyl groups is 10. The Bertz CT molecular complexity index is 385. The molecule has 0 amide bonds. The van der Waals surface area contributed by atoms with Crippen LogP contribution in [0.2, 0.25) is 0 Å². The van der Waals surface area contributed by atoms with Crippen LogP contribution in [0.3, 0.4) is 0 Å². The molecule has 0 saturated carbocycles. The molecule has 0 aliphatic carbocycles. The molecule has 0 aromatic rings. The summed E-state index contributed by atoms with van der Waals surface area (Å²) in [4.78, 5) is 20.2. The van der Waals surface area contributed by atoms with Crippen LogP contribution in [-0.4, -0.2) is 165 Å².